The van der Waals surface area contributed by atoms with Crippen molar-refractivity contribution >= 4 is 10.0 Å². The molecule has 74 valence electrons. The molecule has 0 spiro atoms. The van der Waals surface area contributed by atoms with Gasteiger partial charge in [-0.2, -0.15) is 0 Å². The Balaban J connectivity index is 3.20. The van der Waals surface area contributed by atoms with E-state index in [2.05, 4.69) is 56.9 Å². The Hall–Kier alpha value is -0.430. The quantitative estimate of drug-likeness (QED) is 0.673. The summed E-state index contributed by atoms with van der Waals surface area (Å²) in [5, 5.41) is 0. The third-order valence-electron chi connectivity index (χ3n) is 2.20. The van der Waals surface area contributed by atoms with E-state index in [-0.39, 0.29) is 0 Å². The molecule has 0 heterocycles. The molecule has 0 aliphatic heterocycles. The maximum atomic E-state index is 2.36. The van der Waals surface area contributed by atoms with Crippen molar-refractivity contribution in [3.05, 3.63) is 29.8 Å². The lowest BCUT2D eigenvalue weighted by Gasteiger charge is -2.29. The van der Waals surface area contributed by atoms with Gasteiger partial charge in [0.25, 0.3) is 0 Å². The van der Waals surface area contributed by atoms with Crippen LogP contribution in [-0.4, -0.2) is 18.8 Å². The first-order valence-electron chi connectivity index (χ1n) is 4.70. The molecule has 0 unspecified atom stereocenters. The second-order valence-electron chi connectivity index (χ2n) is 4.53. The molecule has 0 aliphatic carbocycles. The van der Waals surface area contributed by atoms with Crippen LogP contribution >= 0.6 is 10.0 Å². The molecular formula is C12H20S. The molecule has 13 heavy (non-hydrogen) atoms. The standard InChI is InChI=1S/C12H20S/c1-10(2)11-8-6-7-9-12(11)13(3,4)5/h6-10H,1-5H3. The molecule has 1 aromatic rings. The normalized spacial score (nSPS) is 13.4. The van der Waals surface area contributed by atoms with E-state index < -0.39 is 10.0 Å². The highest BCUT2D eigenvalue weighted by molar-refractivity contribution is 8.32. The van der Waals surface area contributed by atoms with Gasteiger partial charge in [-0.3, -0.25) is 0 Å². The van der Waals surface area contributed by atoms with E-state index in [0.29, 0.717) is 5.92 Å². The summed E-state index contributed by atoms with van der Waals surface area (Å²) in [6, 6.07) is 8.84. The van der Waals surface area contributed by atoms with Gasteiger partial charge in [0, 0.05) is 0 Å². The molecule has 0 aliphatic rings. The molecule has 0 saturated heterocycles. The zero-order valence-electron chi connectivity index (χ0n) is 9.29. The van der Waals surface area contributed by atoms with Crippen LogP contribution in [0.4, 0.5) is 0 Å². The van der Waals surface area contributed by atoms with Gasteiger partial charge in [-0.05, 0) is 41.2 Å². The Morgan fingerprint density at radius 1 is 1.00 bits per heavy atom. The average molecular weight is 196 g/mol. The van der Waals surface area contributed by atoms with Crippen molar-refractivity contribution in [1.29, 1.82) is 0 Å². The van der Waals surface area contributed by atoms with Crippen molar-refractivity contribution in [2.45, 2.75) is 24.7 Å². The van der Waals surface area contributed by atoms with Crippen molar-refractivity contribution in [3.63, 3.8) is 0 Å². The van der Waals surface area contributed by atoms with Gasteiger partial charge < -0.3 is 0 Å². The lowest BCUT2D eigenvalue weighted by atomic mass is 10.0. The lowest BCUT2D eigenvalue weighted by Crippen LogP contribution is -2.00. The lowest BCUT2D eigenvalue weighted by molar-refractivity contribution is 0.841. The number of hydrogen-bond acceptors (Lipinski definition) is 0. The first kappa shape index (κ1) is 10.6. The highest BCUT2D eigenvalue weighted by atomic mass is 32.3. The average Bonchev–Trinajstić information content (AvgIpc) is 2.03. The third-order valence-corrected chi connectivity index (χ3v) is 3.89. The van der Waals surface area contributed by atoms with E-state index in [1.54, 1.807) is 4.90 Å². The topological polar surface area (TPSA) is 0 Å². The first-order chi connectivity index (χ1) is 5.93. The van der Waals surface area contributed by atoms with Crippen LogP contribution in [0.2, 0.25) is 0 Å². The van der Waals surface area contributed by atoms with Gasteiger partial charge in [0.1, 0.15) is 0 Å². The largest absolute Gasteiger partial charge is 0.223 e. The van der Waals surface area contributed by atoms with E-state index in [0.717, 1.165) is 0 Å². The van der Waals surface area contributed by atoms with Crippen molar-refractivity contribution in [2.75, 3.05) is 18.8 Å². The molecule has 0 N–H and O–H groups in total. The zero-order valence-corrected chi connectivity index (χ0v) is 10.1. The van der Waals surface area contributed by atoms with Gasteiger partial charge in [0.05, 0.1) is 0 Å². The minimum absolute atomic E-state index is 0.578. The molecule has 0 fully saturated rings. The highest BCUT2D eigenvalue weighted by Gasteiger charge is 2.13. The van der Waals surface area contributed by atoms with Crippen LogP contribution in [0.15, 0.2) is 29.2 Å². The molecule has 1 aromatic carbocycles. The maximum Gasteiger partial charge on any atom is -0.00715 e. The summed E-state index contributed by atoms with van der Waals surface area (Å²) in [5.74, 6) is 0.642. The van der Waals surface area contributed by atoms with Crippen LogP contribution in [0.1, 0.15) is 25.3 Å². The summed E-state index contributed by atoms with van der Waals surface area (Å²) < 4.78 is 0. The van der Waals surface area contributed by atoms with Crippen molar-refractivity contribution in [3.8, 4) is 0 Å². The van der Waals surface area contributed by atoms with Gasteiger partial charge in [-0.25, -0.2) is 10.0 Å². The Kier molecular flexibility index (Phi) is 3.07. The monoisotopic (exact) mass is 196 g/mol. The minimum atomic E-state index is -0.578. The van der Waals surface area contributed by atoms with Crippen LogP contribution in [0.5, 0.6) is 0 Å². The fourth-order valence-electron chi connectivity index (χ4n) is 1.52. The van der Waals surface area contributed by atoms with E-state index in [4.69, 9.17) is 0 Å². The Morgan fingerprint density at radius 3 is 1.92 bits per heavy atom. The summed E-state index contributed by atoms with van der Waals surface area (Å²) in [5.41, 5.74) is 1.52. The Labute approximate surface area is 83.7 Å². The molecule has 0 saturated carbocycles. The van der Waals surface area contributed by atoms with Crippen molar-refractivity contribution < 1.29 is 0 Å². The summed E-state index contributed by atoms with van der Waals surface area (Å²) in [7, 11) is -0.578. The van der Waals surface area contributed by atoms with E-state index in [1.807, 2.05) is 0 Å². The third kappa shape index (κ3) is 2.50. The summed E-state index contributed by atoms with van der Waals surface area (Å²) >= 11 is 0. The van der Waals surface area contributed by atoms with Crippen LogP contribution in [0, 0.1) is 0 Å². The van der Waals surface area contributed by atoms with E-state index >= 15 is 0 Å². The van der Waals surface area contributed by atoms with Gasteiger partial charge in [0.2, 0.25) is 0 Å². The van der Waals surface area contributed by atoms with Crippen LogP contribution in [0.3, 0.4) is 0 Å². The van der Waals surface area contributed by atoms with Crippen molar-refractivity contribution in [1.82, 2.24) is 0 Å². The number of rotatable bonds is 2. The molecule has 0 amide bonds. The Bertz CT molecular complexity index is 281. The SMILES string of the molecule is CC(C)c1ccccc1S(C)(C)C. The minimum Gasteiger partial charge on any atom is -0.223 e. The molecule has 1 rings (SSSR count). The fraction of sp³-hybridized carbons (Fsp3) is 0.500. The van der Waals surface area contributed by atoms with Gasteiger partial charge in [0.15, 0.2) is 0 Å². The van der Waals surface area contributed by atoms with Gasteiger partial charge in [-0.1, -0.05) is 32.0 Å². The summed E-state index contributed by atoms with van der Waals surface area (Å²) in [6.07, 6.45) is 7.07. The molecule has 0 bridgehead atoms. The molecule has 1 heteroatoms. The summed E-state index contributed by atoms with van der Waals surface area (Å²) in [6.45, 7) is 4.54. The van der Waals surface area contributed by atoms with E-state index in [1.165, 1.54) is 5.56 Å². The Morgan fingerprint density at radius 2 is 1.54 bits per heavy atom. The highest BCUT2D eigenvalue weighted by Crippen LogP contribution is 2.48. The number of hydrogen-bond donors (Lipinski definition) is 0. The zero-order chi connectivity index (χ0) is 10.1. The van der Waals surface area contributed by atoms with E-state index in [9.17, 15) is 0 Å². The molecular weight excluding hydrogens is 176 g/mol. The van der Waals surface area contributed by atoms with Crippen LogP contribution < -0.4 is 0 Å². The van der Waals surface area contributed by atoms with Crippen LogP contribution in [-0.2, 0) is 0 Å². The smallest absolute Gasteiger partial charge is 0.00715 e. The second-order valence-corrected chi connectivity index (χ2v) is 8.64. The molecule has 0 nitrogen and oxygen atoms in total. The first-order valence-corrected chi connectivity index (χ1v) is 7.56. The van der Waals surface area contributed by atoms with Gasteiger partial charge >= 0.3 is 0 Å². The van der Waals surface area contributed by atoms with Crippen molar-refractivity contribution in [2.24, 2.45) is 0 Å². The summed E-state index contributed by atoms with van der Waals surface area (Å²) in [4.78, 5) is 1.56. The molecule has 0 aromatic heterocycles. The van der Waals surface area contributed by atoms with Gasteiger partial charge in [-0.15, -0.1) is 0 Å². The number of benzene rings is 1. The fourth-order valence-corrected chi connectivity index (χ4v) is 3.01. The maximum absolute atomic E-state index is 2.36. The molecule has 0 radical (unpaired) electrons. The van der Waals surface area contributed by atoms with Crippen LogP contribution in [0.25, 0.3) is 0 Å². The predicted octanol–water partition coefficient (Wildman–Crippen LogP) is 3.86. The molecule has 0 atom stereocenters. The predicted molar refractivity (Wildman–Crippen MR) is 64.2 cm³/mol. The second kappa shape index (κ2) is 3.75.